The molecule has 0 saturated heterocycles. The van der Waals surface area contributed by atoms with Gasteiger partial charge in [0.2, 0.25) is 11.8 Å². The Hall–Kier alpha value is -1.89. The second-order valence-electron chi connectivity index (χ2n) is 4.90. The molecule has 1 fully saturated rings. The van der Waals surface area contributed by atoms with E-state index < -0.39 is 17.8 Å². The van der Waals surface area contributed by atoms with Gasteiger partial charge in [0.05, 0.1) is 18.4 Å². The lowest BCUT2D eigenvalue weighted by atomic mass is 9.73. The molecule has 2 unspecified atom stereocenters. The zero-order valence-corrected chi connectivity index (χ0v) is 12.7. The number of hydrogen-bond acceptors (Lipinski definition) is 3. The molecule has 0 aromatic heterocycles. The average molecular weight is 355 g/mol. The van der Waals surface area contributed by atoms with Crippen molar-refractivity contribution < 1.29 is 19.5 Å². The molecule has 1 aromatic carbocycles. The molecule has 2 rings (SSSR count). The summed E-state index contributed by atoms with van der Waals surface area (Å²) < 4.78 is 0.901. The lowest BCUT2D eigenvalue weighted by Gasteiger charge is -2.31. The molecular formula is C14H15BrN2O4. The number of benzene rings is 1. The van der Waals surface area contributed by atoms with Crippen molar-refractivity contribution in [3.8, 4) is 0 Å². The average Bonchev–Trinajstić information content (AvgIpc) is 2.37. The molecule has 2 atom stereocenters. The van der Waals surface area contributed by atoms with Crippen LogP contribution in [0.15, 0.2) is 28.7 Å². The normalized spacial score (nSPS) is 20.2. The van der Waals surface area contributed by atoms with Crippen molar-refractivity contribution >= 4 is 39.4 Å². The number of carbonyl (C=O) groups excluding carboxylic acids is 2. The molecule has 0 bridgehead atoms. The maximum Gasteiger partial charge on any atom is 0.307 e. The van der Waals surface area contributed by atoms with Gasteiger partial charge in [-0.3, -0.25) is 14.4 Å². The van der Waals surface area contributed by atoms with Crippen molar-refractivity contribution in [3.63, 3.8) is 0 Å². The molecule has 6 nitrogen and oxygen atoms in total. The van der Waals surface area contributed by atoms with Crippen LogP contribution in [-0.4, -0.2) is 29.4 Å². The van der Waals surface area contributed by atoms with Crippen LogP contribution in [0, 0.1) is 11.8 Å². The largest absolute Gasteiger partial charge is 0.481 e. The Kier molecular flexibility index (Phi) is 4.95. The van der Waals surface area contributed by atoms with E-state index in [1.54, 1.807) is 24.3 Å². The van der Waals surface area contributed by atoms with Crippen LogP contribution in [0.2, 0.25) is 0 Å². The van der Waals surface area contributed by atoms with Gasteiger partial charge in [0.15, 0.2) is 0 Å². The molecule has 1 aliphatic rings. The van der Waals surface area contributed by atoms with E-state index in [-0.39, 0.29) is 18.4 Å². The van der Waals surface area contributed by atoms with Gasteiger partial charge in [-0.2, -0.15) is 0 Å². The summed E-state index contributed by atoms with van der Waals surface area (Å²) in [5.41, 5.74) is 0.629. The van der Waals surface area contributed by atoms with Crippen molar-refractivity contribution in [2.75, 3.05) is 11.9 Å². The number of rotatable bonds is 5. The predicted octanol–water partition coefficient (Wildman–Crippen LogP) is 1.61. The molecule has 7 heteroatoms. The monoisotopic (exact) mass is 354 g/mol. The number of nitrogens with one attached hydrogen (secondary N) is 2. The molecule has 1 aromatic rings. The van der Waals surface area contributed by atoms with Crippen LogP contribution in [0.5, 0.6) is 0 Å². The number of amides is 2. The van der Waals surface area contributed by atoms with Gasteiger partial charge in [-0.05, 0) is 37.1 Å². The Labute approximate surface area is 130 Å². The highest BCUT2D eigenvalue weighted by Gasteiger charge is 2.41. The van der Waals surface area contributed by atoms with Gasteiger partial charge in [-0.15, -0.1) is 0 Å². The first-order valence-electron chi connectivity index (χ1n) is 6.53. The predicted molar refractivity (Wildman–Crippen MR) is 79.6 cm³/mol. The van der Waals surface area contributed by atoms with E-state index in [9.17, 15) is 14.4 Å². The van der Waals surface area contributed by atoms with Gasteiger partial charge < -0.3 is 15.7 Å². The van der Waals surface area contributed by atoms with Crippen LogP contribution in [0.1, 0.15) is 12.8 Å². The number of carbonyl (C=O) groups is 3. The van der Waals surface area contributed by atoms with Gasteiger partial charge in [0, 0.05) is 10.2 Å². The Morgan fingerprint density at radius 2 is 1.76 bits per heavy atom. The molecular weight excluding hydrogens is 340 g/mol. The molecule has 3 N–H and O–H groups in total. The first-order valence-corrected chi connectivity index (χ1v) is 7.32. The van der Waals surface area contributed by atoms with E-state index in [0.717, 1.165) is 4.47 Å². The van der Waals surface area contributed by atoms with Crippen LogP contribution in [0.3, 0.4) is 0 Å². The quantitative estimate of drug-likeness (QED) is 0.748. The van der Waals surface area contributed by atoms with Crippen LogP contribution in [0.4, 0.5) is 5.69 Å². The van der Waals surface area contributed by atoms with E-state index in [0.29, 0.717) is 18.5 Å². The van der Waals surface area contributed by atoms with Gasteiger partial charge in [-0.25, -0.2) is 0 Å². The molecule has 0 heterocycles. The number of carboxylic acid groups (broad SMARTS) is 1. The summed E-state index contributed by atoms with van der Waals surface area (Å²) in [5, 5.41) is 14.0. The molecule has 2 amide bonds. The first-order chi connectivity index (χ1) is 9.97. The minimum Gasteiger partial charge on any atom is -0.481 e. The summed E-state index contributed by atoms with van der Waals surface area (Å²) in [4.78, 5) is 34.3. The number of aliphatic carboxylic acids is 1. The summed E-state index contributed by atoms with van der Waals surface area (Å²) >= 11 is 3.29. The highest BCUT2D eigenvalue weighted by Crippen LogP contribution is 2.34. The zero-order chi connectivity index (χ0) is 15.4. The highest BCUT2D eigenvalue weighted by molar-refractivity contribution is 9.10. The third-order valence-electron chi connectivity index (χ3n) is 3.48. The lowest BCUT2D eigenvalue weighted by molar-refractivity contribution is -0.152. The van der Waals surface area contributed by atoms with Gasteiger partial charge >= 0.3 is 5.97 Å². The Balaban J connectivity index is 1.77. The third kappa shape index (κ3) is 4.04. The molecule has 1 saturated carbocycles. The van der Waals surface area contributed by atoms with Crippen molar-refractivity contribution in [3.05, 3.63) is 28.7 Å². The lowest BCUT2D eigenvalue weighted by Crippen LogP contribution is -2.45. The Morgan fingerprint density at radius 3 is 2.29 bits per heavy atom. The van der Waals surface area contributed by atoms with Gasteiger partial charge in [0.25, 0.3) is 0 Å². The van der Waals surface area contributed by atoms with E-state index >= 15 is 0 Å². The van der Waals surface area contributed by atoms with E-state index in [4.69, 9.17) is 5.11 Å². The van der Waals surface area contributed by atoms with E-state index in [1.165, 1.54) is 0 Å². The number of hydrogen-bond donors (Lipinski definition) is 3. The Bertz CT molecular complexity index is 559. The fraction of sp³-hybridized carbons (Fsp3) is 0.357. The van der Waals surface area contributed by atoms with Crippen molar-refractivity contribution in [2.45, 2.75) is 12.8 Å². The third-order valence-corrected chi connectivity index (χ3v) is 4.01. The number of carboxylic acids is 1. The van der Waals surface area contributed by atoms with Crippen LogP contribution >= 0.6 is 15.9 Å². The molecule has 0 spiro atoms. The molecule has 112 valence electrons. The molecule has 0 radical (unpaired) electrons. The highest BCUT2D eigenvalue weighted by atomic mass is 79.9. The van der Waals surface area contributed by atoms with Crippen LogP contribution < -0.4 is 10.6 Å². The minimum absolute atomic E-state index is 0.169. The summed E-state index contributed by atoms with van der Waals surface area (Å²) in [6, 6.07) is 7.05. The van der Waals surface area contributed by atoms with Gasteiger partial charge in [0.1, 0.15) is 0 Å². The Morgan fingerprint density at radius 1 is 1.14 bits per heavy atom. The number of anilines is 1. The maximum atomic E-state index is 11.8. The number of halogens is 1. The molecule has 0 aliphatic heterocycles. The van der Waals surface area contributed by atoms with E-state index in [1.807, 2.05) is 0 Å². The van der Waals surface area contributed by atoms with Crippen molar-refractivity contribution in [1.29, 1.82) is 0 Å². The second-order valence-corrected chi connectivity index (χ2v) is 5.82. The topological polar surface area (TPSA) is 95.5 Å². The summed E-state index contributed by atoms with van der Waals surface area (Å²) in [6.07, 6.45) is 1.07. The van der Waals surface area contributed by atoms with E-state index in [2.05, 4.69) is 26.6 Å². The van der Waals surface area contributed by atoms with Crippen LogP contribution in [0.25, 0.3) is 0 Å². The minimum atomic E-state index is -0.958. The fourth-order valence-electron chi connectivity index (χ4n) is 2.15. The SMILES string of the molecule is O=C(CNC(=O)C1CCC1C(=O)O)Nc1ccc(Br)cc1. The fourth-order valence-corrected chi connectivity index (χ4v) is 2.41. The standard InChI is InChI=1S/C14H15BrN2O4/c15-8-1-3-9(4-2-8)17-12(18)7-16-13(19)10-5-6-11(10)14(20)21/h1-4,10-11H,5-7H2,(H,16,19)(H,17,18)(H,20,21). The van der Waals surface area contributed by atoms with Crippen molar-refractivity contribution in [2.24, 2.45) is 11.8 Å². The maximum absolute atomic E-state index is 11.8. The molecule has 21 heavy (non-hydrogen) atoms. The summed E-state index contributed by atoms with van der Waals surface area (Å²) in [7, 11) is 0. The zero-order valence-electron chi connectivity index (χ0n) is 11.1. The first kappa shape index (κ1) is 15.5. The smallest absolute Gasteiger partial charge is 0.307 e. The molecule has 1 aliphatic carbocycles. The van der Waals surface area contributed by atoms with Crippen LogP contribution in [-0.2, 0) is 14.4 Å². The van der Waals surface area contributed by atoms with Gasteiger partial charge in [-0.1, -0.05) is 15.9 Å². The van der Waals surface area contributed by atoms with Crippen molar-refractivity contribution in [1.82, 2.24) is 5.32 Å². The second kappa shape index (κ2) is 6.71. The summed E-state index contributed by atoms with van der Waals surface area (Å²) in [6.45, 7) is -0.169. The summed E-state index contributed by atoms with van der Waals surface area (Å²) in [5.74, 6) is -2.83.